The van der Waals surface area contributed by atoms with Gasteiger partial charge in [-0.3, -0.25) is 14.7 Å². The number of furan rings is 1. The maximum atomic E-state index is 13.5. The molecule has 7 nitrogen and oxygen atoms in total. The average Bonchev–Trinajstić information content (AvgIpc) is 3.59. The first kappa shape index (κ1) is 24.4. The Morgan fingerprint density at radius 2 is 1.68 bits per heavy atom. The van der Waals surface area contributed by atoms with E-state index in [0.29, 0.717) is 36.7 Å². The molecule has 1 fully saturated rings. The van der Waals surface area contributed by atoms with Gasteiger partial charge in [0.25, 0.3) is 5.91 Å². The molecule has 0 unspecified atom stereocenters. The van der Waals surface area contributed by atoms with Crippen molar-refractivity contribution >= 4 is 23.2 Å². The van der Waals surface area contributed by atoms with Crippen LogP contribution >= 0.6 is 11.6 Å². The molecule has 1 saturated heterocycles. The lowest BCUT2D eigenvalue weighted by atomic mass is 9.98. The zero-order valence-electron chi connectivity index (χ0n) is 20.8. The van der Waals surface area contributed by atoms with Crippen LogP contribution in [0.1, 0.15) is 33.7 Å². The SMILES string of the molecule is O=C(c1cc(-c2ccc3c(c2)CC/C3=N\O)c(-c2ccncc2)o1)N1CCN(Cc2ccc(Cl)cc2)CC1. The zero-order valence-corrected chi connectivity index (χ0v) is 21.6. The van der Waals surface area contributed by atoms with E-state index in [1.165, 1.54) is 5.56 Å². The van der Waals surface area contributed by atoms with Gasteiger partial charge in [0.1, 0.15) is 5.76 Å². The predicted octanol–water partition coefficient (Wildman–Crippen LogP) is 5.74. The quantitative estimate of drug-likeness (QED) is 0.265. The third kappa shape index (κ3) is 4.83. The van der Waals surface area contributed by atoms with Gasteiger partial charge < -0.3 is 14.5 Å². The lowest BCUT2D eigenvalue weighted by molar-refractivity contribution is 0.0598. The summed E-state index contributed by atoms with van der Waals surface area (Å²) in [6.45, 7) is 3.68. The Morgan fingerprint density at radius 1 is 0.921 bits per heavy atom. The number of halogens is 1. The van der Waals surface area contributed by atoms with E-state index in [2.05, 4.69) is 21.1 Å². The van der Waals surface area contributed by atoms with Crippen LogP contribution in [0.3, 0.4) is 0 Å². The molecule has 2 aliphatic rings. The molecule has 8 heteroatoms. The van der Waals surface area contributed by atoms with Crippen molar-refractivity contribution in [1.29, 1.82) is 0 Å². The lowest BCUT2D eigenvalue weighted by Gasteiger charge is -2.34. The zero-order chi connectivity index (χ0) is 26.1. The first-order valence-corrected chi connectivity index (χ1v) is 13.1. The number of aromatic nitrogens is 1. The topological polar surface area (TPSA) is 82.2 Å². The molecule has 0 spiro atoms. The number of aryl methyl sites for hydroxylation is 1. The van der Waals surface area contributed by atoms with Gasteiger partial charge in [-0.25, -0.2) is 0 Å². The molecule has 0 saturated carbocycles. The summed E-state index contributed by atoms with van der Waals surface area (Å²) in [6, 6.07) is 19.6. The number of amides is 1. The number of pyridine rings is 1. The van der Waals surface area contributed by atoms with Crippen molar-refractivity contribution in [2.24, 2.45) is 5.16 Å². The molecule has 2 aromatic heterocycles. The summed E-state index contributed by atoms with van der Waals surface area (Å²) in [6.07, 6.45) is 4.97. The average molecular weight is 527 g/mol. The molecule has 1 aliphatic heterocycles. The van der Waals surface area contributed by atoms with Crippen molar-refractivity contribution in [1.82, 2.24) is 14.8 Å². The highest BCUT2D eigenvalue weighted by Gasteiger charge is 2.27. The van der Waals surface area contributed by atoms with Crippen LogP contribution in [0.15, 0.2) is 82.6 Å². The second-order valence-electron chi connectivity index (χ2n) is 9.70. The van der Waals surface area contributed by atoms with Gasteiger partial charge in [0.15, 0.2) is 5.76 Å². The number of oxime groups is 1. The number of carbonyl (C=O) groups is 1. The molecular formula is C30H27ClN4O3. The number of hydrogen-bond donors (Lipinski definition) is 1. The van der Waals surface area contributed by atoms with Gasteiger partial charge in [-0.1, -0.05) is 47.1 Å². The van der Waals surface area contributed by atoms with Gasteiger partial charge in [-0.15, -0.1) is 0 Å². The van der Waals surface area contributed by atoms with E-state index in [0.717, 1.165) is 58.9 Å². The number of benzene rings is 2. The first-order valence-electron chi connectivity index (χ1n) is 12.7. The predicted molar refractivity (Wildman–Crippen MR) is 147 cm³/mol. The summed E-state index contributed by atoms with van der Waals surface area (Å²) in [7, 11) is 0. The third-order valence-corrected chi connectivity index (χ3v) is 7.60. The Labute approximate surface area is 226 Å². The molecule has 6 rings (SSSR count). The van der Waals surface area contributed by atoms with Crippen LogP contribution < -0.4 is 0 Å². The van der Waals surface area contributed by atoms with Gasteiger partial charge in [0.05, 0.1) is 5.71 Å². The molecule has 4 aromatic rings. The minimum absolute atomic E-state index is 0.103. The number of fused-ring (bicyclic) bond motifs is 1. The van der Waals surface area contributed by atoms with Crippen molar-refractivity contribution in [2.75, 3.05) is 26.2 Å². The van der Waals surface area contributed by atoms with E-state index in [-0.39, 0.29) is 5.91 Å². The molecule has 3 heterocycles. The minimum atomic E-state index is -0.103. The van der Waals surface area contributed by atoms with Crippen LogP contribution in [0, 0.1) is 0 Å². The standard InChI is InChI=1S/C30H27ClN4O3/c31-24-5-1-20(2-6-24)19-34-13-15-35(16-14-34)30(36)28-18-26(29(38-28)21-9-11-32-12-10-21)23-3-7-25-22(17-23)4-8-27(25)33-37/h1-3,5-7,9-12,17-18,37H,4,8,13-16,19H2/b33-27+. The maximum Gasteiger partial charge on any atom is 0.289 e. The van der Waals surface area contributed by atoms with Gasteiger partial charge in [0.2, 0.25) is 0 Å². The molecule has 1 amide bonds. The summed E-state index contributed by atoms with van der Waals surface area (Å²) in [5, 5.41) is 13.5. The monoisotopic (exact) mass is 526 g/mol. The van der Waals surface area contributed by atoms with E-state index in [9.17, 15) is 10.0 Å². The van der Waals surface area contributed by atoms with Crippen LogP contribution in [-0.2, 0) is 13.0 Å². The van der Waals surface area contributed by atoms with Crippen LogP contribution in [0.5, 0.6) is 0 Å². The molecule has 0 bridgehead atoms. The fourth-order valence-corrected chi connectivity index (χ4v) is 5.41. The molecule has 0 radical (unpaired) electrons. The minimum Gasteiger partial charge on any atom is -0.450 e. The molecule has 1 N–H and O–H groups in total. The van der Waals surface area contributed by atoms with E-state index < -0.39 is 0 Å². The smallest absolute Gasteiger partial charge is 0.289 e. The van der Waals surface area contributed by atoms with Gasteiger partial charge in [-0.05, 0) is 59.9 Å². The summed E-state index contributed by atoms with van der Waals surface area (Å²) in [5.74, 6) is 0.871. The Hall–Kier alpha value is -3.94. The Balaban J connectivity index is 1.24. The number of piperazine rings is 1. The third-order valence-electron chi connectivity index (χ3n) is 7.34. The van der Waals surface area contributed by atoms with E-state index in [4.69, 9.17) is 16.0 Å². The van der Waals surface area contributed by atoms with Crippen LogP contribution in [0.25, 0.3) is 22.5 Å². The summed E-state index contributed by atoms with van der Waals surface area (Å²) in [5.41, 5.74) is 6.70. The fraction of sp³-hybridized carbons (Fsp3) is 0.233. The maximum absolute atomic E-state index is 13.5. The van der Waals surface area contributed by atoms with Gasteiger partial charge in [-0.2, -0.15) is 0 Å². The van der Waals surface area contributed by atoms with Gasteiger partial charge in [0, 0.05) is 66.8 Å². The Morgan fingerprint density at radius 3 is 2.42 bits per heavy atom. The second-order valence-corrected chi connectivity index (χ2v) is 10.1. The Kier molecular flexibility index (Phi) is 6.70. The fourth-order valence-electron chi connectivity index (χ4n) is 5.28. The number of rotatable bonds is 5. The number of carbonyl (C=O) groups excluding carboxylic acids is 1. The van der Waals surface area contributed by atoms with Crippen molar-refractivity contribution in [2.45, 2.75) is 19.4 Å². The largest absolute Gasteiger partial charge is 0.450 e. The van der Waals surface area contributed by atoms with Crippen molar-refractivity contribution in [3.8, 4) is 22.5 Å². The highest BCUT2D eigenvalue weighted by molar-refractivity contribution is 6.30. The normalized spacial score (nSPS) is 16.7. The molecule has 0 atom stereocenters. The second kappa shape index (κ2) is 10.4. The van der Waals surface area contributed by atoms with E-state index >= 15 is 0 Å². The van der Waals surface area contributed by atoms with Crippen molar-refractivity contribution in [3.63, 3.8) is 0 Å². The highest BCUT2D eigenvalue weighted by atomic mass is 35.5. The molecule has 1 aliphatic carbocycles. The van der Waals surface area contributed by atoms with E-state index in [1.54, 1.807) is 12.4 Å². The van der Waals surface area contributed by atoms with E-state index in [1.807, 2.05) is 59.5 Å². The van der Waals surface area contributed by atoms with Crippen molar-refractivity contribution < 1.29 is 14.4 Å². The number of nitrogens with zero attached hydrogens (tertiary/aromatic N) is 4. The number of hydrogen-bond acceptors (Lipinski definition) is 6. The Bertz CT molecular complexity index is 1490. The summed E-state index contributed by atoms with van der Waals surface area (Å²) >= 11 is 6.01. The highest BCUT2D eigenvalue weighted by Crippen LogP contribution is 2.37. The van der Waals surface area contributed by atoms with Crippen LogP contribution in [-0.4, -0.2) is 57.8 Å². The molecular weight excluding hydrogens is 500 g/mol. The van der Waals surface area contributed by atoms with Crippen LogP contribution in [0.2, 0.25) is 5.02 Å². The van der Waals surface area contributed by atoms with Gasteiger partial charge >= 0.3 is 0 Å². The molecule has 2 aromatic carbocycles. The van der Waals surface area contributed by atoms with Crippen molar-refractivity contribution in [3.05, 3.63) is 101 Å². The van der Waals surface area contributed by atoms with Crippen LogP contribution in [0.4, 0.5) is 0 Å². The summed E-state index contributed by atoms with van der Waals surface area (Å²) in [4.78, 5) is 21.9. The summed E-state index contributed by atoms with van der Waals surface area (Å²) < 4.78 is 6.26. The first-order chi connectivity index (χ1) is 18.6. The molecule has 192 valence electrons. The molecule has 38 heavy (non-hydrogen) atoms. The lowest BCUT2D eigenvalue weighted by Crippen LogP contribution is -2.48.